The third-order valence-corrected chi connectivity index (χ3v) is 5.69. The number of rotatable bonds is 9. The van der Waals surface area contributed by atoms with Crippen molar-refractivity contribution in [3.8, 4) is 0 Å². The topological polar surface area (TPSA) is 130 Å². The maximum Gasteiger partial charge on any atom is 0.326 e. The van der Waals surface area contributed by atoms with Gasteiger partial charge in [0.05, 0.1) is 17.4 Å². The summed E-state index contributed by atoms with van der Waals surface area (Å²) in [6.07, 6.45) is 1.73. The van der Waals surface area contributed by atoms with Crippen LogP contribution >= 0.6 is 0 Å². The zero-order valence-corrected chi connectivity index (χ0v) is 16.0. The van der Waals surface area contributed by atoms with Crippen LogP contribution in [-0.4, -0.2) is 47.3 Å². The number of carbonyl (C=O) groups is 2. The highest BCUT2D eigenvalue weighted by atomic mass is 32.2. The fourth-order valence-corrected chi connectivity index (χ4v) is 4.09. The molecule has 1 unspecified atom stereocenters. The summed E-state index contributed by atoms with van der Waals surface area (Å²) in [5, 5.41) is 15.6. The molecule has 9 nitrogen and oxygen atoms in total. The predicted octanol–water partition coefficient (Wildman–Crippen LogP) is 0.463. The van der Waals surface area contributed by atoms with Crippen LogP contribution in [0.3, 0.4) is 0 Å². The molecule has 1 aromatic rings. The highest BCUT2D eigenvalue weighted by Gasteiger charge is 2.29. The first-order chi connectivity index (χ1) is 11.5. The van der Waals surface area contributed by atoms with Crippen LogP contribution in [0.1, 0.15) is 44.5 Å². The Morgan fingerprint density at radius 3 is 2.36 bits per heavy atom. The van der Waals surface area contributed by atoms with E-state index in [1.807, 2.05) is 6.92 Å². The molecule has 0 aliphatic carbocycles. The van der Waals surface area contributed by atoms with Crippen molar-refractivity contribution in [1.29, 1.82) is 0 Å². The van der Waals surface area contributed by atoms with Crippen molar-refractivity contribution in [3.05, 3.63) is 11.4 Å². The van der Waals surface area contributed by atoms with E-state index in [2.05, 4.69) is 15.1 Å². The molecule has 25 heavy (non-hydrogen) atoms. The molecule has 1 amide bonds. The highest BCUT2D eigenvalue weighted by molar-refractivity contribution is 7.89. The summed E-state index contributed by atoms with van der Waals surface area (Å²) >= 11 is 0. The van der Waals surface area contributed by atoms with E-state index in [0.717, 1.165) is 6.42 Å². The third-order valence-electron chi connectivity index (χ3n) is 3.90. The molecule has 2 atom stereocenters. The summed E-state index contributed by atoms with van der Waals surface area (Å²) in [7, 11) is -2.33. The standard InChI is InChI=1S/C15H26N4O5S/c1-6-7-8-12(15(21)22)16-14(20)10(3)18-25(23,24)13-9(2)17-19(5)11(13)4/h10,12,18H,6-8H2,1-5H3,(H,16,20)(H,21,22)/t10?,12-/m0/s1. The average Bonchev–Trinajstić information content (AvgIpc) is 2.75. The smallest absolute Gasteiger partial charge is 0.326 e. The molecule has 0 saturated heterocycles. The van der Waals surface area contributed by atoms with Gasteiger partial charge >= 0.3 is 5.97 Å². The Morgan fingerprint density at radius 2 is 1.92 bits per heavy atom. The van der Waals surface area contributed by atoms with Gasteiger partial charge in [-0.1, -0.05) is 19.8 Å². The molecule has 0 bridgehead atoms. The minimum absolute atomic E-state index is 0.0235. The highest BCUT2D eigenvalue weighted by Crippen LogP contribution is 2.18. The number of nitrogens with one attached hydrogen (secondary N) is 2. The number of hydrogen-bond donors (Lipinski definition) is 3. The Labute approximate surface area is 147 Å². The molecular formula is C15H26N4O5S. The van der Waals surface area contributed by atoms with Crippen molar-refractivity contribution in [2.24, 2.45) is 7.05 Å². The fraction of sp³-hybridized carbons (Fsp3) is 0.667. The number of carboxylic acid groups (broad SMARTS) is 1. The van der Waals surface area contributed by atoms with Gasteiger partial charge in [-0.3, -0.25) is 9.48 Å². The van der Waals surface area contributed by atoms with Gasteiger partial charge in [0.15, 0.2) is 0 Å². The van der Waals surface area contributed by atoms with E-state index in [1.54, 1.807) is 20.9 Å². The second-order valence-electron chi connectivity index (χ2n) is 6.01. The SMILES string of the molecule is CCCC[C@H](NC(=O)C(C)NS(=O)(=O)c1c(C)nn(C)c1C)C(=O)O. The van der Waals surface area contributed by atoms with Gasteiger partial charge < -0.3 is 10.4 Å². The predicted molar refractivity (Wildman–Crippen MR) is 91.6 cm³/mol. The number of nitrogens with zero attached hydrogens (tertiary/aromatic N) is 2. The number of aryl methyl sites for hydroxylation is 2. The number of aliphatic carboxylic acids is 1. The molecule has 0 aromatic carbocycles. The van der Waals surface area contributed by atoms with Crippen molar-refractivity contribution in [1.82, 2.24) is 19.8 Å². The van der Waals surface area contributed by atoms with Gasteiger partial charge in [-0.25, -0.2) is 13.2 Å². The molecule has 0 aliphatic heterocycles. The van der Waals surface area contributed by atoms with Gasteiger partial charge in [0.1, 0.15) is 10.9 Å². The maximum atomic E-state index is 12.5. The number of carbonyl (C=O) groups excluding carboxylic acids is 1. The lowest BCUT2D eigenvalue weighted by Crippen LogP contribution is -2.50. The Balaban J connectivity index is 2.87. The third kappa shape index (κ3) is 5.27. The van der Waals surface area contributed by atoms with Crippen molar-refractivity contribution in [2.75, 3.05) is 0 Å². The van der Waals surface area contributed by atoms with Crippen molar-refractivity contribution in [2.45, 2.75) is 63.9 Å². The Morgan fingerprint density at radius 1 is 1.32 bits per heavy atom. The monoisotopic (exact) mass is 374 g/mol. The van der Waals surface area contributed by atoms with E-state index in [9.17, 15) is 18.0 Å². The molecule has 0 spiro atoms. The van der Waals surface area contributed by atoms with Crippen LogP contribution in [0.25, 0.3) is 0 Å². The molecule has 142 valence electrons. The van der Waals surface area contributed by atoms with Gasteiger partial charge in [0.25, 0.3) is 0 Å². The molecule has 0 fully saturated rings. The summed E-state index contributed by atoms with van der Waals surface area (Å²) in [6.45, 7) is 6.46. The van der Waals surface area contributed by atoms with Crippen molar-refractivity contribution < 1.29 is 23.1 Å². The Bertz CT molecular complexity index is 741. The summed E-state index contributed by atoms with van der Waals surface area (Å²) < 4.78 is 28.8. The molecule has 10 heteroatoms. The fourth-order valence-electron chi connectivity index (χ4n) is 2.45. The van der Waals surface area contributed by atoms with E-state index in [0.29, 0.717) is 17.8 Å². The summed E-state index contributed by atoms with van der Waals surface area (Å²) in [4.78, 5) is 23.4. The summed E-state index contributed by atoms with van der Waals surface area (Å²) in [6, 6.07) is -2.16. The molecule has 0 radical (unpaired) electrons. The molecule has 3 N–H and O–H groups in total. The van der Waals surface area contributed by atoms with Crippen LogP contribution < -0.4 is 10.0 Å². The first-order valence-corrected chi connectivity index (χ1v) is 9.55. The lowest BCUT2D eigenvalue weighted by molar-refractivity contribution is -0.142. The normalized spacial score (nSPS) is 14.1. The minimum Gasteiger partial charge on any atom is -0.480 e. The average molecular weight is 374 g/mol. The number of hydrogen-bond acceptors (Lipinski definition) is 5. The number of amides is 1. The second-order valence-corrected chi connectivity index (χ2v) is 7.66. The van der Waals surface area contributed by atoms with Crippen LogP contribution in [-0.2, 0) is 26.7 Å². The van der Waals surface area contributed by atoms with Gasteiger partial charge in [0.2, 0.25) is 15.9 Å². The minimum atomic E-state index is -3.96. The summed E-state index contributed by atoms with van der Waals surface area (Å²) in [5.74, 6) is -1.83. The molecular weight excluding hydrogens is 348 g/mol. The van der Waals surface area contributed by atoms with Crippen LogP contribution in [0.15, 0.2) is 4.90 Å². The van der Waals surface area contributed by atoms with Crippen LogP contribution in [0.4, 0.5) is 0 Å². The maximum absolute atomic E-state index is 12.5. The van der Waals surface area contributed by atoms with Gasteiger partial charge in [0, 0.05) is 7.05 Å². The van der Waals surface area contributed by atoms with Crippen LogP contribution in [0.2, 0.25) is 0 Å². The first kappa shape index (κ1) is 21.1. The van der Waals surface area contributed by atoms with E-state index in [1.165, 1.54) is 11.6 Å². The largest absolute Gasteiger partial charge is 0.480 e. The van der Waals surface area contributed by atoms with Crippen molar-refractivity contribution in [3.63, 3.8) is 0 Å². The number of aromatic nitrogens is 2. The Kier molecular flexibility index (Phi) is 7.12. The van der Waals surface area contributed by atoms with E-state index in [4.69, 9.17) is 5.11 Å². The summed E-state index contributed by atoms with van der Waals surface area (Å²) in [5.41, 5.74) is 0.774. The van der Waals surface area contributed by atoms with Crippen LogP contribution in [0, 0.1) is 13.8 Å². The quantitative estimate of drug-likeness (QED) is 0.576. The van der Waals surface area contributed by atoms with Gasteiger partial charge in [-0.2, -0.15) is 9.82 Å². The van der Waals surface area contributed by atoms with E-state index < -0.39 is 34.0 Å². The van der Waals surface area contributed by atoms with Crippen LogP contribution in [0.5, 0.6) is 0 Å². The van der Waals surface area contributed by atoms with E-state index >= 15 is 0 Å². The molecule has 0 saturated carbocycles. The molecule has 1 aromatic heterocycles. The molecule has 1 heterocycles. The van der Waals surface area contributed by atoms with E-state index in [-0.39, 0.29) is 11.3 Å². The second kappa shape index (κ2) is 8.43. The molecule has 0 aliphatic rings. The first-order valence-electron chi connectivity index (χ1n) is 8.07. The number of unbranched alkanes of at least 4 members (excludes halogenated alkanes) is 1. The molecule has 1 rings (SSSR count). The van der Waals surface area contributed by atoms with Gasteiger partial charge in [-0.15, -0.1) is 0 Å². The number of carboxylic acids is 1. The zero-order valence-electron chi connectivity index (χ0n) is 15.2. The Hall–Kier alpha value is -1.94. The van der Waals surface area contributed by atoms with Crippen molar-refractivity contribution >= 4 is 21.9 Å². The lowest BCUT2D eigenvalue weighted by Gasteiger charge is -2.18. The van der Waals surface area contributed by atoms with Gasteiger partial charge in [-0.05, 0) is 27.2 Å². The lowest BCUT2D eigenvalue weighted by atomic mass is 10.1. The number of sulfonamides is 1. The zero-order chi connectivity index (χ0) is 19.4.